The van der Waals surface area contributed by atoms with Gasteiger partial charge in [0.05, 0.1) is 11.9 Å². The van der Waals surface area contributed by atoms with E-state index in [-0.39, 0.29) is 22.9 Å². The summed E-state index contributed by atoms with van der Waals surface area (Å²) in [7, 11) is 0. The molecule has 0 fully saturated rings. The zero-order valence-corrected chi connectivity index (χ0v) is 9.56. The first kappa shape index (κ1) is 12.7. The van der Waals surface area contributed by atoms with Crippen LogP contribution in [0.1, 0.15) is 10.4 Å². The van der Waals surface area contributed by atoms with Gasteiger partial charge in [0.2, 0.25) is 5.88 Å². The second-order valence-electron chi connectivity index (χ2n) is 3.66. The summed E-state index contributed by atoms with van der Waals surface area (Å²) in [5.41, 5.74) is 10.8. The number of halogens is 2. The monoisotopic (exact) mass is 265 g/mol. The van der Waals surface area contributed by atoms with Crippen molar-refractivity contribution in [2.75, 3.05) is 5.73 Å². The Bertz CT molecular complexity index is 647. The van der Waals surface area contributed by atoms with Gasteiger partial charge in [-0.3, -0.25) is 4.79 Å². The summed E-state index contributed by atoms with van der Waals surface area (Å²) >= 11 is 0. The average molecular weight is 265 g/mol. The van der Waals surface area contributed by atoms with E-state index in [2.05, 4.69) is 4.98 Å². The molecule has 0 aliphatic rings. The highest BCUT2D eigenvalue weighted by Gasteiger charge is 2.13. The predicted molar refractivity (Wildman–Crippen MR) is 63.6 cm³/mol. The maximum absolute atomic E-state index is 13.0. The van der Waals surface area contributed by atoms with Crippen LogP contribution >= 0.6 is 0 Å². The van der Waals surface area contributed by atoms with E-state index in [1.54, 1.807) is 0 Å². The van der Waals surface area contributed by atoms with Gasteiger partial charge in [-0.15, -0.1) is 0 Å². The molecule has 19 heavy (non-hydrogen) atoms. The van der Waals surface area contributed by atoms with Gasteiger partial charge in [0.1, 0.15) is 11.3 Å². The second kappa shape index (κ2) is 4.89. The van der Waals surface area contributed by atoms with E-state index < -0.39 is 17.5 Å². The molecule has 1 aromatic heterocycles. The summed E-state index contributed by atoms with van der Waals surface area (Å²) < 4.78 is 31.0. The number of amides is 1. The fourth-order valence-corrected chi connectivity index (χ4v) is 1.38. The number of ether oxygens (including phenoxy) is 1. The van der Waals surface area contributed by atoms with Gasteiger partial charge in [-0.25, -0.2) is 13.8 Å². The maximum atomic E-state index is 13.0. The molecule has 1 aromatic carbocycles. The van der Waals surface area contributed by atoms with Crippen molar-refractivity contribution >= 4 is 11.6 Å². The largest absolute Gasteiger partial charge is 0.438 e. The topological polar surface area (TPSA) is 91.2 Å². The van der Waals surface area contributed by atoms with Crippen LogP contribution in [0.3, 0.4) is 0 Å². The Morgan fingerprint density at radius 3 is 2.58 bits per heavy atom. The minimum atomic E-state index is -1.08. The van der Waals surface area contributed by atoms with Crippen LogP contribution in [-0.4, -0.2) is 10.9 Å². The molecular formula is C12H9F2N3O2. The highest BCUT2D eigenvalue weighted by molar-refractivity contribution is 5.95. The van der Waals surface area contributed by atoms with Crippen molar-refractivity contribution < 1.29 is 18.3 Å². The van der Waals surface area contributed by atoms with Gasteiger partial charge < -0.3 is 16.2 Å². The number of benzene rings is 1. The average Bonchev–Trinajstić information content (AvgIpc) is 2.36. The van der Waals surface area contributed by atoms with E-state index in [4.69, 9.17) is 16.2 Å². The maximum Gasteiger partial charge on any atom is 0.254 e. The number of primary amides is 1. The number of hydrogen-bond acceptors (Lipinski definition) is 4. The van der Waals surface area contributed by atoms with E-state index in [0.29, 0.717) is 0 Å². The van der Waals surface area contributed by atoms with Crippen LogP contribution in [0.5, 0.6) is 11.6 Å². The number of carbonyl (C=O) groups excluding carboxylic acids is 1. The number of pyridine rings is 1. The molecule has 2 aromatic rings. The molecule has 0 saturated heterocycles. The van der Waals surface area contributed by atoms with E-state index >= 15 is 0 Å². The summed E-state index contributed by atoms with van der Waals surface area (Å²) in [5, 5.41) is 0. The van der Waals surface area contributed by atoms with Crippen molar-refractivity contribution in [3.8, 4) is 11.6 Å². The highest BCUT2D eigenvalue weighted by Crippen LogP contribution is 2.25. The van der Waals surface area contributed by atoms with Crippen molar-refractivity contribution in [2.45, 2.75) is 0 Å². The van der Waals surface area contributed by atoms with Crippen molar-refractivity contribution in [1.29, 1.82) is 0 Å². The minimum Gasteiger partial charge on any atom is -0.438 e. The van der Waals surface area contributed by atoms with Gasteiger partial charge in [-0.05, 0) is 18.2 Å². The van der Waals surface area contributed by atoms with E-state index in [9.17, 15) is 13.6 Å². The SMILES string of the molecule is NC(=O)c1cc(N)cnc1Oc1ccc(F)c(F)c1. The van der Waals surface area contributed by atoms with Crippen LogP contribution in [0.4, 0.5) is 14.5 Å². The first-order chi connectivity index (χ1) is 8.97. The van der Waals surface area contributed by atoms with Gasteiger partial charge in [0.15, 0.2) is 11.6 Å². The van der Waals surface area contributed by atoms with Crippen molar-refractivity contribution in [2.24, 2.45) is 5.73 Å². The van der Waals surface area contributed by atoms with Crippen LogP contribution in [-0.2, 0) is 0 Å². The fraction of sp³-hybridized carbons (Fsp3) is 0. The van der Waals surface area contributed by atoms with E-state index in [1.165, 1.54) is 18.3 Å². The third-order valence-corrected chi connectivity index (χ3v) is 2.24. The Labute approximate surface area is 106 Å². The van der Waals surface area contributed by atoms with Crippen LogP contribution in [0, 0.1) is 11.6 Å². The Hall–Kier alpha value is -2.70. The highest BCUT2D eigenvalue weighted by atomic mass is 19.2. The number of nitrogen functional groups attached to an aromatic ring is 1. The number of nitrogens with zero attached hydrogens (tertiary/aromatic N) is 1. The lowest BCUT2D eigenvalue weighted by molar-refractivity contribution is 0.0997. The molecule has 2 rings (SSSR count). The van der Waals surface area contributed by atoms with E-state index in [1.807, 2.05) is 0 Å². The molecule has 0 aliphatic heterocycles. The van der Waals surface area contributed by atoms with Crippen LogP contribution in [0.15, 0.2) is 30.5 Å². The van der Waals surface area contributed by atoms with Gasteiger partial charge >= 0.3 is 0 Å². The molecule has 1 heterocycles. The first-order valence-corrected chi connectivity index (χ1v) is 5.15. The minimum absolute atomic E-state index is 0.0151. The second-order valence-corrected chi connectivity index (χ2v) is 3.66. The third kappa shape index (κ3) is 2.76. The van der Waals surface area contributed by atoms with Crippen molar-refractivity contribution in [3.05, 3.63) is 47.7 Å². The number of carbonyl (C=O) groups is 1. The Morgan fingerprint density at radius 2 is 1.95 bits per heavy atom. The lowest BCUT2D eigenvalue weighted by Gasteiger charge is -2.08. The Kier molecular flexibility index (Phi) is 3.28. The number of rotatable bonds is 3. The number of aromatic nitrogens is 1. The van der Waals surface area contributed by atoms with Gasteiger partial charge in [0.25, 0.3) is 5.91 Å². The normalized spacial score (nSPS) is 10.2. The van der Waals surface area contributed by atoms with Gasteiger partial charge in [-0.2, -0.15) is 0 Å². The third-order valence-electron chi connectivity index (χ3n) is 2.24. The molecule has 5 nitrogen and oxygen atoms in total. The molecule has 0 spiro atoms. The molecule has 4 N–H and O–H groups in total. The van der Waals surface area contributed by atoms with Crippen LogP contribution < -0.4 is 16.2 Å². The molecule has 7 heteroatoms. The molecular weight excluding hydrogens is 256 g/mol. The van der Waals surface area contributed by atoms with Crippen molar-refractivity contribution in [3.63, 3.8) is 0 Å². The van der Waals surface area contributed by atoms with E-state index in [0.717, 1.165) is 12.1 Å². The lowest BCUT2D eigenvalue weighted by atomic mass is 10.2. The zero-order chi connectivity index (χ0) is 14.0. The summed E-state index contributed by atoms with van der Waals surface area (Å²) in [6, 6.07) is 4.20. The first-order valence-electron chi connectivity index (χ1n) is 5.15. The molecule has 0 atom stereocenters. The smallest absolute Gasteiger partial charge is 0.254 e. The van der Waals surface area contributed by atoms with Crippen LogP contribution in [0.2, 0.25) is 0 Å². The summed E-state index contributed by atoms with van der Waals surface area (Å²) in [5.74, 6) is -3.02. The molecule has 0 aliphatic carbocycles. The van der Waals surface area contributed by atoms with Gasteiger partial charge in [0, 0.05) is 6.07 Å². The molecule has 0 unspecified atom stereocenters. The molecule has 1 amide bonds. The molecule has 0 radical (unpaired) electrons. The predicted octanol–water partition coefficient (Wildman–Crippen LogP) is 1.83. The number of hydrogen-bond donors (Lipinski definition) is 2. The van der Waals surface area contributed by atoms with Crippen molar-refractivity contribution in [1.82, 2.24) is 4.98 Å². The quantitative estimate of drug-likeness (QED) is 0.885. The summed E-state index contributed by atoms with van der Waals surface area (Å²) in [4.78, 5) is 15.0. The summed E-state index contributed by atoms with van der Waals surface area (Å²) in [6.45, 7) is 0. The zero-order valence-electron chi connectivity index (χ0n) is 9.56. The van der Waals surface area contributed by atoms with Crippen LogP contribution in [0.25, 0.3) is 0 Å². The Morgan fingerprint density at radius 1 is 1.21 bits per heavy atom. The fourth-order valence-electron chi connectivity index (χ4n) is 1.38. The Balaban J connectivity index is 2.37. The lowest BCUT2D eigenvalue weighted by Crippen LogP contribution is -2.13. The number of nitrogens with two attached hydrogens (primary N) is 2. The molecule has 98 valence electrons. The number of anilines is 1. The van der Waals surface area contributed by atoms with Gasteiger partial charge in [-0.1, -0.05) is 0 Å². The molecule has 0 saturated carbocycles. The summed E-state index contributed by atoms with van der Waals surface area (Å²) in [6.07, 6.45) is 1.25. The molecule has 0 bridgehead atoms. The standard InChI is InChI=1S/C12H9F2N3O2/c13-9-2-1-7(4-10(9)14)19-12-8(11(16)18)3-6(15)5-17-12/h1-5H,15H2,(H2,16,18).